The summed E-state index contributed by atoms with van der Waals surface area (Å²) in [7, 11) is 0. The molecule has 0 aromatic rings. The smallest absolute Gasteiger partial charge is 0.138 e. The van der Waals surface area contributed by atoms with Crippen LogP contribution in [0, 0.1) is 5.92 Å². The molecule has 2 heteroatoms. The first-order valence-corrected chi connectivity index (χ1v) is 6.50. The highest BCUT2D eigenvalue weighted by Crippen LogP contribution is 2.27. The third-order valence-electron chi connectivity index (χ3n) is 3.76. The molecular formula is C13H22O2. The van der Waals surface area contributed by atoms with Crippen LogP contribution in [0.25, 0.3) is 0 Å². The van der Waals surface area contributed by atoms with Crippen LogP contribution in [-0.2, 0) is 9.53 Å². The van der Waals surface area contributed by atoms with Gasteiger partial charge in [-0.25, -0.2) is 0 Å². The molecular weight excluding hydrogens is 188 g/mol. The zero-order chi connectivity index (χ0) is 10.5. The summed E-state index contributed by atoms with van der Waals surface area (Å²) in [5, 5.41) is 0. The van der Waals surface area contributed by atoms with E-state index in [0.29, 0.717) is 18.1 Å². The first-order valence-electron chi connectivity index (χ1n) is 6.50. The lowest BCUT2D eigenvalue weighted by Crippen LogP contribution is -2.26. The lowest BCUT2D eigenvalue weighted by molar-refractivity contribution is -0.127. The number of carbonyl (C=O) groups excluding carboxylic acids is 1. The van der Waals surface area contributed by atoms with Crippen molar-refractivity contribution in [2.24, 2.45) is 5.92 Å². The Hall–Kier alpha value is -0.370. The molecule has 1 aliphatic heterocycles. The molecule has 0 N–H and O–H groups in total. The third kappa shape index (κ3) is 3.30. The molecule has 2 nitrogen and oxygen atoms in total. The van der Waals surface area contributed by atoms with Crippen molar-refractivity contribution in [3.05, 3.63) is 0 Å². The van der Waals surface area contributed by atoms with E-state index in [4.69, 9.17) is 4.74 Å². The van der Waals surface area contributed by atoms with E-state index in [1.807, 2.05) is 0 Å². The van der Waals surface area contributed by atoms with Crippen LogP contribution >= 0.6 is 0 Å². The molecule has 0 amide bonds. The van der Waals surface area contributed by atoms with Crippen molar-refractivity contribution < 1.29 is 9.53 Å². The molecule has 0 aromatic heterocycles. The van der Waals surface area contributed by atoms with E-state index in [2.05, 4.69) is 0 Å². The molecule has 15 heavy (non-hydrogen) atoms. The van der Waals surface area contributed by atoms with Gasteiger partial charge in [0, 0.05) is 18.9 Å². The van der Waals surface area contributed by atoms with Crippen molar-refractivity contribution >= 4 is 5.78 Å². The Bertz CT molecular complexity index is 201. The number of ether oxygens (including phenoxy) is 1. The zero-order valence-electron chi connectivity index (χ0n) is 9.54. The molecule has 0 spiro atoms. The fourth-order valence-corrected chi connectivity index (χ4v) is 2.78. The predicted molar refractivity (Wildman–Crippen MR) is 59.8 cm³/mol. The Morgan fingerprint density at radius 2 is 1.73 bits per heavy atom. The van der Waals surface area contributed by atoms with Crippen LogP contribution in [0.1, 0.15) is 57.8 Å². The molecule has 0 aromatic carbocycles. The summed E-state index contributed by atoms with van der Waals surface area (Å²) in [4.78, 5) is 12.0. The zero-order valence-corrected chi connectivity index (χ0v) is 9.54. The summed E-state index contributed by atoms with van der Waals surface area (Å²) < 4.78 is 5.62. The van der Waals surface area contributed by atoms with Crippen LogP contribution in [0.4, 0.5) is 0 Å². The maximum absolute atomic E-state index is 12.0. The van der Waals surface area contributed by atoms with E-state index < -0.39 is 0 Å². The average molecular weight is 210 g/mol. The minimum Gasteiger partial charge on any atom is -0.378 e. The topological polar surface area (TPSA) is 26.3 Å². The normalized spacial score (nSPS) is 28.9. The monoisotopic (exact) mass is 210 g/mol. The SMILES string of the molecule is O=C(CC1CCCCO1)C1CCCCC1. The number of ketones is 1. The van der Waals surface area contributed by atoms with E-state index >= 15 is 0 Å². The van der Waals surface area contributed by atoms with E-state index in [9.17, 15) is 4.79 Å². The molecule has 0 bridgehead atoms. The number of rotatable bonds is 3. The molecule has 0 radical (unpaired) electrons. The van der Waals surface area contributed by atoms with Gasteiger partial charge in [0.25, 0.3) is 0 Å². The van der Waals surface area contributed by atoms with Crippen molar-refractivity contribution in [1.29, 1.82) is 0 Å². The van der Waals surface area contributed by atoms with Gasteiger partial charge < -0.3 is 4.74 Å². The maximum Gasteiger partial charge on any atom is 0.138 e. The average Bonchev–Trinajstić information content (AvgIpc) is 2.31. The van der Waals surface area contributed by atoms with Crippen molar-refractivity contribution in [3.8, 4) is 0 Å². The van der Waals surface area contributed by atoms with Gasteiger partial charge in [0.05, 0.1) is 6.10 Å². The molecule has 2 aliphatic rings. The third-order valence-corrected chi connectivity index (χ3v) is 3.76. The second-order valence-corrected chi connectivity index (χ2v) is 4.99. The molecule has 1 saturated heterocycles. The standard InChI is InChI=1S/C13H22O2/c14-13(11-6-2-1-3-7-11)10-12-8-4-5-9-15-12/h11-12H,1-10H2. The molecule has 1 atom stereocenters. The summed E-state index contributed by atoms with van der Waals surface area (Å²) in [6, 6.07) is 0. The van der Waals surface area contributed by atoms with E-state index in [1.54, 1.807) is 0 Å². The Balaban J connectivity index is 1.74. The van der Waals surface area contributed by atoms with Gasteiger partial charge in [-0.3, -0.25) is 4.79 Å². The fourth-order valence-electron chi connectivity index (χ4n) is 2.78. The number of hydrogen-bond donors (Lipinski definition) is 0. The quantitative estimate of drug-likeness (QED) is 0.715. The molecule has 1 saturated carbocycles. The van der Waals surface area contributed by atoms with Gasteiger partial charge in [0.1, 0.15) is 5.78 Å². The Morgan fingerprint density at radius 1 is 1.00 bits per heavy atom. The Morgan fingerprint density at radius 3 is 2.40 bits per heavy atom. The van der Waals surface area contributed by atoms with Crippen LogP contribution in [0.5, 0.6) is 0 Å². The second-order valence-electron chi connectivity index (χ2n) is 4.99. The van der Waals surface area contributed by atoms with Crippen LogP contribution < -0.4 is 0 Å². The van der Waals surface area contributed by atoms with Crippen LogP contribution in [0.3, 0.4) is 0 Å². The molecule has 2 rings (SSSR count). The molecule has 1 aliphatic carbocycles. The number of carbonyl (C=O) groups is 1. The van der Waals surface area contributed by atoms with Crippen LogP contribution in [-0.4, -0.2) is 18.5 Å². The lowest BCUT2D eigenvalue weighted by atomic mass is 9.84. The first kappa shape index (κ1) is 11.1. The maximum atomic E-state index is 12.0. The summed E-state index contributed by atoms with van der Waals surface area (Å²) in [6.07, 6.45) is 10.5. The van der Waals surface area contributed by atoms with Gasteiger partial charge in [0.2, 0.25) is 0 Å². The number of Topliss-reactive ketones (excluding diaryl/α,β-unsaturated/α-hetero) is 1. The van der Waals surface area contributed by atoms with E-state index in [-0.39, 0.29) is 6.10 Å². The fraction of sp³-hybridized carbons (Fsp3) is 0.923. The minimum atomic E-state index is 0.244. The highest BCUT2D eigenvalue weighted by molar-refractivity contribution is 5.81. The van der Waals surface area contributed by atoms with E-state index in [1.165, 1.54) is 32.1 Å². The Kier molecular flexibility index (Phi) is 4.18. The van der Waals surface area contributed by atoms with Crippen LogP contribution in [0.2, 0.25) is 0 Å². The van der Waals surface area contributed by atoms with Gasteiger partial charge in [0.15, 0.2) is 0 Å². The summed E-state index contributed by atoms with van der Waals surface area (Å²) in [6.45, 7) is 0.864. The molecule has 2 fully saturated rings. The molecule has 86 valence electrons. The highest BCUT2D eigenvalue weighted by atomic mass is 16.5. The van der Waals surface area contributed by atoms with Crippen LogP contribution in [0.15, 0.2) is 0 Å². The van der Waals surface area contributed by atoms with Crippen molar-refractivity contribution in [2.45, 2.75) is 63.9 Å². The lowest BCUT2D eigenvalue weighted by Gasteiger charge is -2.25. The minimum absolute atomic E-state index is 0.244. The summed E-state index contributed by atoms with van der Waals surface area (Å²) >= 11 is 0. The van der Waals surface area contributed by atoms with Gasteiger partial charge >= 0.3 is 0 Å². The largest absolute Gasteiger partial charge is 0.378 e. The van der Waals surface area contributed by atoms with E-state index in [0.717, 1.165) is 25.9 Å². The summed E-state index contributed by atoms with van der Waals surface area (Å²) in [5.74, 6) is 0.839. The summed E-state index contributed by atoms with van der Waals surface area (Å²) in [5.41, 5.74) is 0. The first-order chi connectivity index (χ1) is 7.36. The Labute approximate surface area is 92.4 Å². The van der Waals surface area contributed by atoms with Crippen molar-refractivity contribution in [3.63, 3.8) is 0 Å². The van der Waals surface area contributed by atoms with Gasteiger partial charge in [-0.05, 0) is 32.1 Å². The predicted octanol–water partition coefficient (Wildman–Crippen LogP) is 3.10. The van der Waals surface area contributed by atoms with Crippen molar-refractivity contribution in [1.82, 2.24) is 0 Å². The molecule has 1 unspecified atom stereocenters. The molecule has 1 heterocycles. The van der Waals surface area contributed by atoms with Gasteiger partial charge in [-0.15, -0.1) is 0 Å². The highest BCUT2D eigenvalue weighted by Gasteiger charge is 2.25. The van der Waals surface area contributed by atoms with Gasteiger partial charge in [-0.2, -0.15) is 0 Å². The van der Waals surface area contributed by atoms with Gasteiger partial charge in [-0.1, -0.05) is 19.3 Å². The number of hydrogen-bond acceptors (Lipinski definition) is 2. The van der Waals surface area contributed by atoms with Crippen molar-refractivity contribution in [2.75, 3.05) is 6.61 Å². The second kappa shape index (κ2) is 5.64.